The summed E-state index contributed by atoms with van der Waals surface area (Å²) in [6, 6.07) is 4.86. The Morgan fingerprint density at radius 1 is 1.20 bits per heavy atom. The molecule has 0 bridgehead atoms. The molecule has 0 aliphatic carbocycles. The molecule has 0 saturated carbocycles. The molecule has 0 radical (unpaired) electrons. The SMILES string of the molecule is CNCCCc1ncc(-c2ccc(C(F)(F)F)cc2)o1. The van der Waals surface area contributed by atoms with Crippen LogP contribution in [-0.4, -0.2) is 18.6 Å². The van der Waals surface area contributed by atoms with Gasteiger partial charge in [-0.1, -0.05) is 12.1 Å². The molecule has 0 atom stereocenters. The molecule has 108 valence electrons. The van der Waals surface area contributed by atoms with Crippen LogP contribution in [0.15, 0.2) is 34.9 Å². The first-order chi connectivity index (χ1) is 9.50. The van der Waals surface area contributed by atoms with Crippen LogP contribution < -0.4 is 5.32 Å². The van der Waals surface area contributed by atoms with Gasteiger partial charge in [-0.3, -0.25) is 0 Å². The van der Waals surface area contributed by atoms with Gasteiger partial charge < -0.3 is 9.73 Å². The van der Waals surface area contributed by atoms with Gasteiger partial charge >= 0.3 is 6.18 Å². The Bertz CT molecular complexity index is 546. The normalized spacial score (nSPS) is 11.8. The van der Waals surface area contributed by atoms with Crippen molar-refractivity contribution in [3.8, 4) is 11.3 Å². The lowest BCUT2D eigenvalue weighted by Gasteiger charge is -2.06. The second kappa shape index (κ2) is 6.09. The number of rotatable bonds is 5. The van der Waals surface area contributed by atoms with Crippen LogP contribution in [0.2, 0.25) is 0 Å². The van der Waals surface area contributed by atoms with Crippen LogP contribution in [0.5, 0.6) is 0 Å². The maximum atomic E-state index is 12.5. The van der Waals surface area contributed by atoms with E-state index in [9.17, 15) is 13.2 Å². The molecule has 0 spiro atoms. The van der Waals surface area contributed by atoms with Crippen molar-refractivity contribution in [1.29, 1.82) is 0 Å². The molecule has 6 heteroatoms. The van der Waals surface area contributed by atoms with E-state index in [0.717, 1.165) is 25.1 Å². The molecule has 1 N–H and O–H groups in total. The molecule has 2 aromatic rings. The van der Waals surface area contributed by atoms with Crippen LogP contribution in [-0.2, 0) is 12.6 Å². The van der Waals surface area contributed by atoms with Crippen LogP contribution in [0, 0.1) is 0 Å². The topological polar surface area (TPSA) is 38.1 Å². The maximum Gasteiger partial charge on any atom is 0.416 e. The van der Waals surface area contributed by atoms with Gasteiger partial charge in [-0.15, -0.1) is 0 Å². The minimum Gasteiger partial charge on any atom is -0.441 e. The molecule has 0 aliphatic rings. The van der Waals surface area contributed by atoms with E-state index in [1.54, 1.807) is 0 Å². The average Bonchev–Trinajstić information content (AvgIpc) is 2.87. The van der Waals surface area contributed by atoms with Gasteiger partial charge in [-0.05, 0) is 32.1 Å². The third-order valence-electron chi connectivity index (χ3n) is 2.87. The van der Waals surface area contributed by atoms with Gasteiger partial charge in [0.15, 0.2) is 11.7 Å². The first kappa shape index (κ1) is 14.6. The molecule has 1 aromatic heterocycles. The van der Waals surface area contributed by atoms with E-state index >= 15 is 0 Å². The summed E-state index contributed by atoms with van der Waals surface area (Å²) in [6.07, 6.45) is -1.19. The zero-order valence-corrected chi connectivity index (χ0v) is 11.0. The fraction of sp³-hybridized carbons (Fsp3) is 0.357. The minimum atomic E-state index is -4.32. The Labute approximate surface area is 114 Å². The number of nitrogens with one attached hydrogen (secondary N) is 1. The monoisotopic (exact) mass is 284 g/mol. The molecule has 2 rings (SSSR count). The van der Waals surface area contributed by atoms with Gasteiger partial charge in [-0.25, -0.2) is 4.98 Å². The number of hydrogen-bond donors (Lipinski definition) is 1. The third-order valence-corrected chi connectivity index (χ3v) is 2.87. The fourth-order valence-corrected chi connectivity index (χ4v) is 1.80. The molecule has 0 unspecified atom stereocenters. The summed E-state index contributed by atoms with van der Waals surface area (Å²) in [4.78, 5) is 4.12. The highest BCUT2D eigenvalue weighted by Gasteiger charge is 2.30. The van der Waals surface area contributed by atoms with Gasteiger partial charge in [0.2, 0.25) is 0 Å². The zero-order valence-electron chi connectivity index (χ0n) is 11.0. The van der Waals surface area contributed by atoms with Crippen molar-refractivity contribution in [2.45, 2.75) is 19.0 Å². The second-order valence-electron chi connectivity index (χ2n) is 4.40. The molecule has 20 heavy (non-hydrogen) atoms. The molecular weight excluding hydrogens is 269 g/mol. The van der Waals surface area contributed by atoms with Gasteiger partial charge in [-0.2, -0.15) is 13.2 Å². The number of hydrogen-bond acceptors (Lipinski definition) is 3. The quantitative estimate of drug-likeness (QED) is 0.854. The van der Waals surface area contributed by atoms with E-state index in [0.29, 0.717) is 23.6 Å². The van der Waals surface area contributed by atoms with E-state index < -0.39 is 11.7 Å². The predicted octanol–water partition coefficient (Wildman–Crippen LogP) is 3.51. The summed E-state index contributed by atoms with van der Waals surface area (Å²) < 4.78 is 42.9. The van der Waals surface area contributed by atoms with E-state index in [1.165, 1.54) is 18.3 Å². The molecule has 0 fully saturated rings. The average molecular weight is 284 g/mol. The van der Waals surface area contributed by atoms with Crippen molar-refractivity contribution in [3.05, 3.63) is 41.9 Å². The van der Waals surface area contributed by atoms with Crippen molar-refractivity contribution < 1.29 is 17.6 Å². The molecule has 1 aromatic carbocycles. The number of halogens is 3. The van der Waals surface area contributed by atoms with E-state index in [2.05, 4.69) is 10.3 Å². The number of aryl methyl sites for hydroxylation is 1. The second-order valence-corrected chi connectivity index (χ2v) is 4.40. The van der Waals surface area contributed by atoms with Crippen LogP contribution >= 0.6 is 0 Å². The van der Waals surface area contributed by atoms with E-state index in [4.69, 9.17) is 4.42 Å². The summed E-state index contributed by atoms with van der Waals surface area (Å²) in [7, 11) is 1.86. The first-order valence-corrected chi connectivity index (χ1v) is 6.27. The molecule has 0 aliphatic heterocycles. The lowest BCUT2D eigenvalue weighted by atomic mass is 10.1. The Balaban J connectivity index is 2.08. The van der Waals surface area contributed by atoms with Crippen molar-refractivity contribution in [2.24, 2.45) is 0 Å². The Hall–Kier alpha value is -1.82. The molecular formula is C14H15F3N2O. The lowest BCUT2D eigenvalue weighted by Crippen LogP contribution is -2.08. The summed E-state index contributed by atoms with van der Waals surface area (Å²) in [5.41, 5.74) is -0.0830. The number of benzene rings is 1. The van der Waals surface area contributed by atoms with Crippen LogP contribution in [0.3, 0.4) is 0 Å². The van der Waals surface area contributed by atoms with Gasteiger partial charge in [0, 0.05) is 12.0 Å². The molecule has 1 heterocycles. The summed E-state index contributed by atoms with van der Waals surface area (Å²) in [6.45, 7) is 0.859. The van der Waals surface area contributed by atoms with Crippen molar-refractivity contribution >= 4 is 0 Å². The highest BCUT2D eigenvalue weighted by atomic mass is 19.4. The lowest BCUT2D eigenvalue weighted by molar-refractivity contribution is -0.137. The fourth-order valence-electron chi connectivity index (χ4n) is 1.80. The van der Waals surface area contributed by atoms with Crippen LogP contribution in [0.4, 0.5) is 13.2 Å². The third kappa shape index (κ3) is 3.60. The Morgan fingerprint density at radius 3 is 2.50 bits per heavy atom. The number of oxazole rings is 1. The zero-order chi connectivity index (χ0) is 14.6. The maximum absolute atomic E-state index is 12.5. The molecule has 0 amide bonds. The van der Waals surface area contributed by atoms with Gasteiger partial charge in [0.25, 0.3) is 0 Å². The van der Waals surface area contributed by atoms with E-state index in [1.807, 2.05) is 7.05 Å². The van der Waals surface area contributed by atoms with Crippen molar-refractivity contribution in [1.82, 2.24) is 10.3 Å². The molecule has 0 saturated heterocycles. The summed E-state index contributed by atoms with van der Waals surface area (Å²) >= 11 is 0. The smallest absolute Gasteiger partial charge is 0.416 e. The van der Waals surface area contributed by atoms with Gasteiger partial charge in [0.1, 0.15) is 0 Å². The summed E-state index contributed by atoms with van der Waals surface area (Å²) in [5.74, 6) is 1.08. The summed E-state index contributed by atoms with van der Waals surface area (Å²) in [5, 5.41) is 3.02. The Morgan fingerprint density at radius 2 is 1.90 bits per heavy atom. The largest absolute Gasteiger partial charge is 0.441 e. The minimum absolute atomic E-state index is 0.484. The Kier molecular flexibility index (Phi) is 4.44. The van der Waals surface area contributed by atoms with Crippen molar-refractivity contribution in [2.75, 3.05) is 13.6 Å². The predicted molar refractivity (Wildman–Crippen MR) is 69.2 cm³/mol. The van der Waals surface area contributed by atoms with Gasteiger partial charge in [0.05, 0.1) is 11.8 Å². The molecule has 3 nitrogen and oxygen atoms in total. The van der Waals surface area contributed by atoms with E-state index in [-0.39, 0.29) is 0 Å². The highest BCUT2D eigenvalue weighted by molar-refractivity contribution is 5.56. The number of aromatic nitrogens is 1. The first-order valence-electron chi connectivity index (χ1n) is 6.27. The van der Waals surface area contributed by atoms with Crippen LogP contribution in [0.25, 0.3) is 11.3 Å². The van der Waals surface area contributed by atoms with Crippen LogP contribution in [0.1, 0.15) is 17.9 Å². The highest BCUT2D eigenvalue weighted by Crippen LogP contribution is 2.31. The van der Waals surface area contributed by atoms with Crippen molar-refractivity contribution in [3.63, 3.8) is 0 Å². The number of nitrogens with zero attached hydrogens (tertiary/aromatic N) is 1. The standard InChI is InChI=1S/C14H15F3N2O/c1-18-8-2-3-13-19-9-12(20-13)10-4-6-11(7-5-10)14(15,16)17/h4-7,9,18H,2-3,8H2,1H3. The number of alkyl halides is 3.